The third-order valence-corrected chi connectivity index (χ3v) is 10.1. The number of rotatable bonds is 8. The molecule has 0 aliphatic heterocycles. The van der Waals surface area contributed by atoms with Gasteiger partial charge in [-0.15, -0.1) is 0 Å². The maximum atomic E-state index is 13.0. The van der Waals surface area contributed by atoms with Gasteiger partial charge >= 0.3 is 5.69 Å². The van der Waals surface area contributed by atoms with Crippen molar-refractivity contribution in [2.24, 2.45) is 0 Å². The number of ether oxygens (including phenoxy) is 1. The van der Waals surface area contributed by atoms with Gasteiger partial charge in [0.1, 0.15) is 6.20 Å². The van der Waals surface area contributed by atoms with Gasteiger partial charge in [0.15, 0.2) is 8.32 Å². The smallest absolute Gasteiger partial charge is 0.352 e. The molecule has 10 heteroatoms. The molecule has 1 aromatic heterocycles. The molecular formula is C20H27ClN3O5Si. The van der Waals surface area contributed by atoms with Gasteiger partial charge in [0.25, 0.3) is 5.56 Å². The van der Waals surface area contributed by atoms with Crippen LogP contribution in [0.1, 0.15) is 26.3 Å². The van der Waals surface area contributed by atoms with Crippen LogP contribution in [0, 0.1) is 0 Å². The highest BCUT2D eigenvalue weighted by Gasteiger charge is 2.39. The minimum Gasteiger partial charge on any atom is -0.410 e. The zero-order valence-electron chi connectivity index (χ0n) is 18.1. The van der Waals surface area contributed by atoms with E-state index in [1.807, 2.05) is 0 Å². The van der Waals surface area contributed by atoms with Crippen molar-refractivity contribution in [3.8, 4) is 5.69 Å². The van der Waals surface area contributed by atoms with Gasteiger partial charge in [0, 0.05) is 12.7 Å². The average molecular weight is 453 g/mol. The number of benzene rings is 1. The molecule has 163 valence electrons. The van der Waals surface area contributed by atoms with Gasteiger partial charge in [0.05, 0.1) is 30.0 Å². The summed E-state index contributed by atoms with van der Waals surface area (Å²) in [5.41, 5.74) is -0.807. The van der Waals surface area contributed by atoms with Crippen LogP contribution in [0.25, 0.3) is 5.69 Å². The molecule has 1 radical (unpaired) electrons. The van der Waals surface area contributed by atoms with Crippen molar-refractivity contribution < 1.29 is 14.0 Å². The topological polar surface area (TPSA) is 92.4 Å². The van der Waals surface area contributed by atoms with Crippen molar-refractivity contribution in [1.29, 1.82) is 0 Å². The van der Waals surface area contributed by atoms with Crippen LogP contribution in [0.3, 0.4) is 0 Å². The van der Waals surface area contributed by atoms with E-state index in [1.165, 1.54) is 18.2 Å². The molecule has 2 rings (SSSR count). The standard InChI is InChI=1S/C20H27ClN3O5Si/c1-20(2,3)30(5,6)29-16(13-28-4)11-23-18(26)10-22-24(19(23)27)15-7-8-17(21)14(9-15)12-25/h7-10,16H,11,13H2,1-6H3. The molecule has 30 heavy (non-hydrogen) atoms. The Morgan fingerprint density at radius 1 is 1.27 bits per heavy atom. The lowest BCUT2D eigenvalue weighted by Gasteiger charge is -2.39. The Morgan fingerprint density at radius 2 is 1.93 bits per heavy atom. The lowest BCUT2D eigenvalue weighted by Crippen LogP contribution is -2.49. The molecule has 0 aliphatic rings. The van der Waals surface area contributed by atoms with E-state index in [0.29, 0.717) is 5.69 Å². The molecular weight excluding hydrogens is 426 g/mol. The fraction of sp³-hybridized carbons (Fsp3) is 0.500. The van der Waals surface area contributed by atoms with Crippen LogP contribution < -0.4 is 11.2 Å². The number of hydrogen-bond donors (Lipinski definition) is 0. The number of aromatic nitrogens is 3. The van der Waals surface area contributed by atoms with Crippen molar-refractivity contribution in [3.63, 3.8) is 0 Å². The van der Waals surface area contributed by atoms with E-state index in [4.69, 9.17) is 20.8 Å². The summed E-state index contributed by atoms with van der Waals surface area (Å²) in [5.74, 6) is 0. The molecule has 0 fully saturated rings. The largest absolute Gasteiger partial charge is 0.410 e. The van der Waals surface area contributed by atoms with Crippen LogP contribution in [-0.4, -0.2) is 48.8 Å². The molecule has 2 aromatic rings. The van der Waals surface area contributed by atoms with Crippen LogP contribution in [0.4, 0.5) is 0 Å². The summed E-state index contributed by atoms with van der Waals surface area (Å²) in [6.45, 7) is 10.8. The lowest BCUT2D eigenvalue weighted by molar-refractivity contribution is 0.0591. The quantitative estimate of drug-likeness (QED) is 0.571. The van der Waals surface area contributed by atoms with Crippen LogP contribution in [-0.2, 0) is 20.5 Å². The Labute approximate surface area is 181 Å². The first kappa shape index (κ1) is 24.2. The van der Waals surface area contributed by atoms with E-state index in [0.717, 1.165) is 15.4 Å². The van der Waals surface area contributed by atoms with Crippen molar-refractivity contribution >= 4 is 26.2 Å². The Balaban J connectivity index is 2.46. The van der Waals surface area contributed by atoms with E-state index in [9.17, 15) is 14.4 Å². The summed E-state index contributed by atoms with van der Waals surface area (Å²) in [4.78, 5) is 36.5. The Hall–Kier alpha value is -2.07. The predicted molar refractivity (Wildman–Crippen MR) is 118 cm³/mol. The maximum absolute atomic E-state index is 13.0. The Kier molecular flexibility index (Phi) is 7.57. The number of halogens is 1. The molecule has 1 heterocycles. The number of hydrogen-bond acceptors (Lipinski definition) is 6. The number of nitrogens with zero attached hydrogens (tertiary/aromatic N) is 3. The minimum absolute atomic E-state index is 0.0147. The van der Waals surface area contributed by atoms with Gasteiger partial charge in [0.2, 0.25) is 6.29 Å². The summed E-state index contributed by atoms with van der Waals surface area (Å²) >= 11 is 5.93. The highest BCUT2D eigenvalue weighted by atomic mass is 35.5. The Morgan fingerprint density at radius 3 is 2.50 bits per heavy atom. The third-order valence-electron chi connectivity index (χ3n) is 5.27. The van der Waals surface area contributed by atoms with Gasteiger partial charge in [-0.3, -0.25) is 14.2 Å². The van der Waals surface area contributed by atoms with Gasteiger partial charge in [-0.05, 0) is 36.3 Å². The molecule has 8 nitrogen and oxygen atoms in total. The molecule has 1 aromatic carbocycles. The zero-order valence-corrected chi connectivity index (χ0v) is 19.8. The molecule has 0 bridgehead atoms. The van der Waals surface area contributed by atoms with Crippen LogP contribution >= 0.6 is 11.6 Å². The summed E-state index contributed by atoms with van der Waals surface area (Å²) in [7, 11) is -0.625. The fourth-order valence-electron chi connectivity index (χ4n) is 2.61. The maximum Gasteiger partial charge on any atom is 0.352 e. The highest BCUT2D eigenvalue weighted by molar-refractivity contribution is 6.74. The van der Waals surface area contributed by atoms with Crippen molar-refractivity contribution in [2.75, 3.05) is 13.7 Å². The molecule has 0 saturated heterocycles. The highest BCUT2D eigenvalue weighted by Crippen LogP contribution is 2.37. The van der Waals surface area contributed by atoms with Crippen molar-refractivity contribution in [1.82, 2.24) is 14.3 Å². The van der Waals surface area contributed by atoms with Crippen LogP contribution in [0.15, 0.2) is 34.0 Å². The normalized spacial score (nSPS) is 13.3. The molecule has 0 amide bonds. The van der Waals surface area contributed by atoms with E-state index in [2.05, 4.69) is 39.0 Å². The van der Waals surface area contributed by atoms with E-state index in [1.54, 1.807) is 13.4 Å². The van der Waals surface area contributed by atoms with Gasteiger partial charge in [-0.25, -0.2) is 4.79 Å². The molecule has 0 N–H and O–H groups in total. The summed E-state index contributed by atoms with van der Waals surface area (Å²) in [6.07, 6.45) is 2.28. The zero-order chi connectivity index (χ0) is 22.7. The molecule has 0 aliphatic carbocycles. The van der Waals surface area contributed by atoms with Gasteiger partial charge in [-0.2, -0.15) is 9.78 Å². The summed E-state index contributed by atoms with van der Waals surface area (Å²) < 4.78 is 13.7. The lowest BCUT2D eigenvalue weighted by atomic mass is 10.2. The van der Waals surface area contributed by atoms with Crippen molar-refractivity contribution in [3.05, 3.63) is 55.8 Å². The van der Waals surface area contributed by atoms with E-state index >= 15 is 0 Å². The molecule has 1 atom stereocenters. The molecule has 1 unspecified atom stereocenters. The first-order valence-corrected chi connectivity index (χ1v) is 12.7. The monoisotopic (exact) mass is 452 g/mol. The summed E-state index contributed by atoms with van der Waals surface area (Å²) in [6, 6.07) is 4.39. The second-order valence-electron chi connectivity index (χ2n) is 8.51. The molecule has 0 saturated carbocycles. The van der Waals surface area contributed by atoms with Gasteiger partial charge < -0.3 is 9.16 Å². The first-order valence-electron chi connectivity index (χ1n) is 9.45. The third kappa shape index (κ3) is 5.34. The summed E-state index contributed by atoms with van der Waals surface area (Å²) in [5, 5.41) is 4.07. The Bertz CT molecular complexity index is 1030. The predicted octanol–water partition coefficient (Wildman–Crippen LogP) is 2.54. The van der Waals surface area contributed by atoms with Crippen molar-refractivity contribution in [2.45, 2.75) is 51.6 Å². The second kappa shape index (κ2) is 9.38. The van der Waals surface area contributed by atoms with Gasteiger partial charge in [-0.1, -0.05) is 32.4 Å². The fourth-order valence-corrected chi connectivity index (χ4v) is 4.10. The van der Waals surface area contributed by atoms with Crippen LogP contribution in [0.5, 0.6) is 0 Å². The van der Waals surface area contributed by atoms with Crippen LogP contribution in [0.2, 0.25) is 23.2 Å². The number of methoxy groups -OCH3 is 1. The number of carbonyl (C=O) groups excluding carboxylic acids is 1. The van der Waals surface area contributed by atoms with E-state index in [-0.39, 0.29) is 28.8 Å². The molecule has 0 spiro atoms. The average Bonchev–Trinajstić information content (AvgIpc) is 2.65. The second-order valence-corrected chi connectivity index (χ2v) is 13.7. The first-order chi connectivity index (χ1) is 13.9. The SMILES string of the molecule is COCC(Cn1c(=O)cnn(-c2ccc(Cl)c([C]=O)c2)c1=O)O[Si](C)(C)C(C)(C)C. The van der Waals surface area contributed by atoms with E-state index < -0.39 is 25.7 Å². The minimum atomic E-state index is -2.17.